The van der Waals surface area contributed by atoms with Crippen LogP contribution in [0.15, 0.2) is 24.4 Å². The van der Waals surface area contributed by atoms with Crippen molar-refractivity contribution in [3.63, 3.8) is 0 Å². The molecule has 100 valence electrons. The number of ether oxygens (including phenoxy) is 1. The molecule has 0 radical (unpaired) electrons. The largest absolute Gasteiger partial charge is 0.463 e. The smallest absolute Gasteiger partial charge is 0.376 e. The van der Waals surface area contributed by atoms with Crippen LogP contribution in [0.4, 0.5) is 5.82 Å². The zero-order chi connectivity index (χ0) is 13.8. The summed E-state index contributed by atoms with van der Waals surface area (Å²) in [6, 6.07) is 5.53. The van der Waals surface area contributed by atoms with Crippen molar-refractivity contribution in [2.24, 2.45) is 0 Å². The van der Waals surface area contributed by atoms with Gasteiger partial charge >= 0.3 is 5.97 Å². The number of rotatable bonds is 4. The number of carbonyl (C=O) groups excluding carboxylic acids is 1. The normalized spacial score (nSPS) is 11.9. The fourth-order valence-electron chi connectivity index (χ4n) is 1.48. The summed E-state index contributed by atoms with van der Waals surface area (Å²) in [4.78, 5) is 20.4. The van der Waals surface area contributed by atoms with Gasteiger partial charge in [0.05, 0.1) is 17.5 Å². The summed E-state index contributed by atoms with van der Waals surface area (Å²) in [6.07, 6.45) is 1.51. The van der Waals surface area contributed by atoms with Crippen molar-refractivity contribution in [3.8, 4) is 0 Å². The number of thiophene rings is 1. The van der Waals surface area contributed by atoms with Gasteiger partial charge in [0.1, 0.15) is 5.82 Å². The number of aromatic nitrogens is 2. The zero-order valence-corrected chi connectivity index (χ0v) is 12.0. The molecular formula is C12H12ClN3O2S. The Morgan fingerprint density at radius 3 is 2.89 bits per heavy atom. The van der Waals surface area contributed by atoms with Crippen molar-refractivity contribution in [3.05, 3.63) is 39.4 Å². The highest BCUT2D eigenvalue weighted by molar-refractivity contribution is 7.16. The van der Waals surface area contributed by atoms with Crippen LogP contribution >= 0.6 is 22.9 Å². The summed E-state index contributed by atoms with van der Waals surface area (Å²) in [6.45, 7) is 1.99. The lowest BCUT2D eigenvalue weighted by Gasteiger charge is -2.12. The van der Waals surface area contributed by atoms with E-state index < -0.39 is 5.97 Å². The molecule has 0 spiro atoms. The first-order chi connectivity index (χ1) is 9.10. The van der Waals surface area contributed by atoms with E-state index in [-0.39, 0.29) is 11.9 Å². The molecular weight excluding hydrogens is 286 g/mol. The Kier molecular flexibility index (Phi) is 4.34. The van der Waals surface area contributed by atoms with Gasteiger partial charge in [0.25, 0.3) is 0 Å². The van der Waals surface area contributed by atoms with Crippen LogP contribution in [0.5, 0.6) is 0 Å². The standard InChI is InChI=1S/C12H12ClN3O2S/c1-7(8-3-4-9(13)19-8)15-10-5-6-14-11(16-10)12(17)18-2/h3-7H,1-2H3,(H,14,15,16). The number of halogens is 1. The molecule has 1 N–H and O–H groups in total. The molecule has 0 aliphatic heterocycles. The molecule has 0 bridgehead atoms. The van der Waals surface area contributed by atoms with E-state index in [9.17, 15) is 4.79 Å². The fraction of sp³-hybridized carbons (Fsp3) is 0.250. The highest BCUT2D eigenvalue weighted by Gasteiger charge is 2.12. The van der Waals surface area contributed by atoms with E-state index in [4.69, 9.17) is 11.6 Å². The van der Waals surface area contributed by atoms with Crippen LogP contribution in [0.1, 0.15) is 28.5 Å². The molecule has 7 heteroatoms. The van der Waals surface area contributed by atoms with Crippen molar-refractivity contribution in [2.45, 2.75) is 13.0 Å². The maximum Gasteiger partial charge on any atom is 0.376 e. The van der Waals surface area contributed by atoms with Gasteiger partial charge in [-0.25, -0.2) is 14.8 Å². The molecule has 0 fully saturated rings. The molecule has 0 saturated heterocycles. The van der Waals surface area contributed by atoms with Crippen LogP contribution in [0, 0.1) is 0 Å². The summed E-state index contributed by atoms with van der Waals surface area (Å²) in [5, 5.41) is 3.18. The summed E-state index contributed by atoms with van der Waals surface area (Å²) in [5.74, 6) is 0.0341. The van der Waals surface area contributed by atoms with Gasteiger partial charge in [-0.05, 0) is 25.1 Å². The number of esters is 1. The third-order valence-electron chi connectivity index (χ3n) is 2.41. The quantitative estimate of drug-likeness (QED) is 0.878. The highest BCUT2D eigenvalue weighted by Crippen LogP contribution is 2.28. The van der Waals surface area contributed by atoms with E-state index >= 15 is 0 Å². The summed E-state index contributed by atoms with van der Waals surface area (Å²) in [5.41, 5.74) is 0. The molecule has 19 heavy (non-hydrogen) atoms. The highest BCUT2D eigenvalue weighted by atomic mass is 35.5. The van der Waals surface area contributed by atoms with E-state index in [1.807, 2.05) is 19.1 Å². The first-order valence-corrected chi connectivity index (χ1v) is 6.72. The number of carbonyl (C=O) groups is 1. The van der Waals surface area contributed by atoms with Gasteiger partial charge in [0.15, 0.2) is 0 Å². The fourth-order valence-corrected chi connectivity index (χ4v) is 2.55. The summed E-state index contributed by atoms with van der Waals surface area (Å²) >= 11 is 7.39. The molecule has 2 heterocycles. The Morgan fingerprint density at radius 2 is 2.26 bits per heavy atom. The molecule has 0 aliphatic rings. The zero-order valence-electron chi connectivity index (χ0n) is 10.4. The topological polar surface area (TPSA) is 64.1 Å². The minimum atomic E-state index is -0.560. The van der Waals surface area contributed by atoms with Gasteiger partial charge in [0.2, 0.25) is 5.82 Å². The van der Waals surface area contributed by atoms with Crippen molar-refractivity contribution in [1.29, 1.82) is 0 Å². The molecule has 1 unspecified atom stereocenters. The SMILES string of the molecule is COC(=O)c1nccc(NC(C)c2ccc(Cl)s2)n1. The molecule has 0 aliphatic carbocycles. The van der Waals surface area contributed by atoms with E-state index in [0.717, 1.165) is 9.21 Å². The molecule has 0 aromatic carbocycles. The second kappa shape index (κ2) is 5.99. The Bertz CT molecular complexity index is 588. The van der Waals surface area contributed by atoms with Crippen LogP contribution in [0.25, 0.3) is 0 Å². The lowest BCUT2D eigenvalue weighted by atomic mass is 10.3. The number of methoxy groups -OCH3 is 1. The third kappa shape index (κ3) is 3.42. The van der Waals surface area contributed by atoms with Gasteiger partial charge in [0, 0.05) is 11.1 Å². The molecule has 2 aromatic heterocycles. The number of nitrogens with one attached hydrogen (secondary N) is 1. The predicted octanol–water partition coefficient (Wildman–Crippen LogP) is 3.15. The second-order valence-corrected chi connectivity index (χ2v) is 5.51. The first kappa shape index (κ1) is 13.8. The Hall–Kier alpha value is -1.66. The average molecular weight is 298 g/mol. The van der Waals surface area contributed by atoms with Crippen LogP contribution in [0.2, 0.25) is 4.34 Å². The summed E-state index contributed by atoms with van der Waals surface area (Å²) in [7, 11) is 1.29. The monoisotopic (exact) mass is 297 g/mol. The van der Waals surface area contributed by atoms with Gasteiger partial charge in [-0.3, -0.25) is 0 Å². The van der Waals surface area contributed by atoms with E-state index in [1.54, 1.807) is 6.07 Å². The minimum Gasteiger partial charge on any atom is -0.463 e. The lowest BCUT2D eigenvalue weighted by Crippen LogP contribution is -2.11. The van der Waals surface area contributed by atoms with Crippen LogP contribution in [-0.2, 0) is 4.74 Å². The Labute approximate surface area is 119 Å². The van der Waals surface area contributed by atoms with Gasteiger partial charge in [-0.1, -0.05) is 11.6 Å². The van der Waals surface area contributed by atoms with Crippen LogP contribution in [0.3, 0.4) is 0 Å². The predicted molar refractivity (Wildman–Crippen MR) is 74.7 cm³/mol. The number of anilines is 1. The number of hydrogen-bond acceptors (Lipinski definition) is 6. The van der Waals surface area contributed by atoms with E-state index in [2.05, 4.69) is 20.0 Å². The first-order valence-electron chi connectivity index (χ1n) is 5.53. The molecule has 5 nitrogen and oxygen atoms in total. The molecule has 2 rings (SSSR count). The molecule has 1 atom stereocenters. The van der Waals surface area contributed by atoms with Crippen LogP contribution < -0.4 is 5.32 Å². The van der Waals surface area contributed by atoms with E-state index in [0.29, 0.717) is 5.82 Å². The van der Waals surface area contributed by atoms with Crippen LogP contribution in [-0.4, -0.2) is 23.0 Å². The van der Waals surface area contributed by atoms with Gasteiger partial charge in [-0.2, -0.15) is 0 Å². The van der Waals surface area contributed by atoms with Gasteiger partial charge < -0.3 is 10.1 Å². The molecule has 2 aromatic rings. The minimum absolute atomic E-state index is 0.0314. The maximum atomic E-state index is 11.3. The lowest BCUT2D eigenvalue weighted by molar-refractivity contribution is 0.0587. The van der Waals surface area contributed by atoms with Crippen molar-refractivity contribution in [1.82, 2.24) is 9.97 Å². The third-order valence-corrected chi connectivity index (χ3v) is 3.82. The maximum absolute atomic E-state index is 11.3. The van der Waals surface area contributed by atoms with Crippen molar-refractivity contribution in [2.75, 3.05) is 12.4 Å². The number of nitrogens with zero attached hydrogens (tertiary/aromatic N) is 2. The molecule has 0 amide bonds. The number of hydrogen-bond donors (Lipinski definition) is 1. The Morgan fingerprint density at radius 1 is 1.47 bits per heavy atom. The molecule has 0 saturated carbocycles. The van der Waals surface area contributed by atoms with Crippen molar-refractivity contribution >= 4 is 34.7 Å². The van der Waals surface area contributed by atoms with Crippen molar-refractivity contribution < 1.29 is 9.53 Å². The summed E-state index contributed by atoms with van der Waals surface area (Å²) < 4.78 is 5.31. The average Bonchev–Trinajstić information content (AvgIpc) is 2.85. The van der Waals surface area contributed by atoms with E-state index in [1.165, 1.54) is 24.6 Å². The van der Waals surface area contributed by atoms with Gasteiger partial charge in [-0.15, -0.1) is 11.3 Å². The second-order valence-electron chi connectivity index (χ2n) is 3.76. The Balaban J connectivity index is 2.12.